The predicted octanol–water partition coefficient (Wildman–Crippen LogP) is 4.30. The Labute approximate surface area is 108 Å². The second-order valence-corrected chi connectivity index (χ2v) is 6.12. The van der Waals surface area contributed by atoms with E-state index in [1.54, 1.807) is 0 Å². The van der Waals surface area contributed by atoms with Crippen LogP contribution in [0.1, 0.15) is 51.0 Å². The minimum absolute atomic E-state index is 0.678. The van der Waals surface area contributed by atoms with Crippen LogP contribution in [-0.2, 0) is 16.6 Å². The summed E-state index contributed by atoms with van der Waals surface area (Å²) in [5, 5.41) is 0. The second kappa shape index (κ2) is 9.41. The summed E-state index contributed by atoms with van der Waals surface area (Å²) in [6.07, 6.45) is 7.62. The van der Waals surface area contributed by atoms with Crippen molar-refractivity contribution in [3.05, 3.63) is 35.9 Å². The number of unbranched alkanes of at least 4 members (excludes halogenated alkanes) is 5. The fourth-order valence-electron chi connectivity index (χ4n) is 1.88. The van der Waals surface area contributed by atoms with Crippen molar-refractivity contribution in [2.24, 2.45) is 0 Å². The van der Waals surface area contributed by atoms with E-state index in [-0.39, 0.29) is 0 Å². The van der Waals surface area contributed by atoms with Gasteiger partial charge >= 0.3 is 0 Å². The summed E-state index contributed by atoms with van der Waals surface area (Å²) < 4.78 is 11.8. The van der Waals surface area contributed by atoms with Crippen LogP contribution in [0, 0.1) is 0 Å². The molecule has 1 aromatic rings. The molecule has 1 rings (SSSR count). The van der Waals surface area contributed by atoms with Gasteiger partial charge in [-0.1, -0.05) is 69.4 Å². The van der Waals surface area contributed by atoms with Gasteiger partial charge in [0.05, 0.1) is 0 Å². The Morgan fingerprint density at radius 2 is 1.59 bits per heavy atom. The third-order valence-electron chi connectivity index (χ3n) is 2.90. The van der Waals surface area contributed by atoms with E-state index in [1.807, 2.05) is 18.2 Å². The molecule has 0 aliphatic rings. The van der Waals surface area contributed by atoms with Crippen molar-refractivity contribution in [1.82, 2.24) is 0 Å². The molecule has 0 aromatic heterocycles. The first-order chi connectivity index (χ1) is 8.33. The molecule has 0 aliphatic carbocycles. The minimum Gasteiger partial charge on any atom is -0.259 e. The zero-order valence-electron chi connectivity index (χ0n) is 10.9. The van der Waals surface area contributed by atoms with Gasteiger partial charge in [0.25, 0.3) is 0 Å². The van der Waals surface area contributed by atoms with Gasteiger partial charge in [0, 0.05) is 22.3 Å². The van der Waals surface area contributed by atoms with Gasteiger partial charge < -0.3 is 0 Å². The maximum atomic E-state index is 11.8. The SMILES string of the molecule is CCCCCCCC[S@](=O)Cc1ccccc1. The Bertz CT molecular complexity index is 308. The molecule has 0 aliphatic heterocycles. The van der Waals surface area contributed by atoms with Gasteiger partial charge in [0.1, 0.15) is 0 Å². The lowest BCUT2D eigenvalue weighted by molar-refractivity contribution is 0.622. The van der Waals surface area contributed by atoms with Crippen LogP contribution in [0.4, 0.5) is 0 Å². The third-order valence-corrected chi connectivity index (χ3v) is 4.30. The van der Waals surface area contributed by atoms with Gasteiger partial charge in [-0.05, 0) is 12.0 Å². The number of benzene rings is 1. The highest BCUT2D eigenvalue weighted by molar-refractivity contribution is 7.84. The molecule has 17 heavy (non-hydrogen) atoms. The Morgan fingerprint density at radius 1 is 0.941 bits per heavy atom. The fraction of sp³-hybridized carbons (Fsp3) is 0.600. The van der Waals surface area contributed by atoms with Crippen LogP contribution in [0.25, 0.3) is 0 Å². The summed E-state index contributed by atoms with van der Waals surface area (Å²) in [5.41, 5.74) is 1.19. The molecule has 0 saturated carbocycles. The van der Waals surface area contributed by atoms with Gasteiger partial charge in [-0.15, -0.1) is 0 Å². The van der Waals surface area contributed by atoms with Crippen LogP contribution in [0.5, 0.6) is 0 Å². The van der Waals surface area contributed by atoms with E-state index in [2.05, 4.69) is 19.1 Å². The number of rotatable bonds is 9. The van der Waals surface area contributed by atoms with Gasteiger partial charge in [-0.25, -0.2) is 0 Å². The second-order valence-electron chi connectivity index (χ2n) is 4.54. The average molecular weight is 252 g/mol. The molecule has 1 aromatic carbocycles. The molecule has 96 valence electrons. The lowest BCUT2D eigenvalue weighted by Crippen LogP contribution is -2.01. The molecule has 0 radical (unpaired) electrons. The summed E-state index contributed by atoms with van der Waals surface area (Å²) in [6.45, 7) is 2.23. The molecule has 0 N–H and O–H groups in total. The van der Waals surface area contributed by atoms with E-state index < -0.39 is 10.8 Å². The quantitative estimate of drug-likeness (QED) is 0.599. The molecule has 0 spiro atoms. The molecular formula is C15H24OS. The van der Waals surface area contributed by atoms with Crippen molar-refractivity contribution in [3.63, 3.8) is 0 Å². The molecule has 0 unspecified atom stereocenters. The summed E-state index contributed by atoms with van der Waals surface area (Å²) in [7, 11) is -0.678. The Kier molecular flexibility index (Phi) is 7.98. The fourth-order valence-corrected chi connectivity index (χ4v) is 3.11. The Balaban J connectivity index is 2.06. The summed E-state index contributed by atoms with van der Waals surface area (Å²) in [5.74, 6) is 1.58. The van der Waals surface area contributed by atoms with Crippen molar-refractivity contribution in [1.29, 1.82) is 0 Å². The molecule has 1 atom stereocenters. The summed E-state index contributed by atoms with van der Waals surface area (Å²) >= 11 is 0. The largest absolute Gasteiger partial charge is 0.259 e. The maximum absolute atomic E-state index is 11.8. The van der Waals surface area contributed by atoms with E-state index >= 15 is 0 Å². The highest BCUT2D eigenvalue weighted by Gasteiger charge is 2.01. The smallest absolute Gasteiger partial charge is 0.0485 e. The molecular weight excluding hydrogens is 228 g/mol. The highest BCUT2D eigenvalue weighted by atomic mass is 32.2. The highest BCUT2D eigenvalue weighted by Crippen LogP contribution is 2.08. The zero-order chi connectivity index (χ0) is 12.3. The van der Waals surface area contributed by atoms with E-state index in [9.17, 15) is 4.21 Å². The van der Waals surface area contributed by atoms with Gasteiger partial charge in [0.2, 0.25) is 0 Å². The molecule has 0 bridgehead atoms. The standard InChI is InChI=1S/C15H24OS/c1-2-3-4-5-6-10-13-17(16)14-15-11-8-7-9-12-15/h7-9,11-12H,2-6,10,13-14H2,1H3/t17-/m0/s1. The first-order valence-corrected chi connectivity index (χ1v) is 8.20. The van der Waals surface area contributed by atoms with Crippen molar-refractivity contribution in [3.8, 4) is 0 Å². The minimum atomic E-state index is -0.678. The third kappa shape index (κ3) is 7.32. The molecule has 2 heteroatoms. The van der Waals surface area contributed by atoms with Crippen molar-refractivity contribution >= 4 is 10.8 Å². The van der Waals surface area contributed by atoms with E-state index in [4.69, 9.17) is 0 Å². The first-order valence-electron chi connectivity index (χ1n) is 6.72. The first kappa shape index (κ1) is 14.4. The molecule has 0 fully saturated rings. The number of hydrogen-bond donors (Lipinski definition) is 0. The van der Waals surface area contributed by atoms with Gasteiger partial charge in [-0.2, -0.15) is 0 Å². The van der Waals surface area contributed by atoms with Gasteiger partial charge in [0.15, 0.2) is 0 Å². The number of hydrogen-bond acceptors (Lipinski definition) is 1. The molecule has 0 heterocycles. The van der Waals surface area contributed by atoms with Gasteiger partial charge in [-0.3, -0.25) is 4.21 Å². The van der Waals surface area contributed by atoms with Crippen LogP contribution in [0.3, 0.4) is 0 Å². The molecule has 1 nitrogen and oxygen atoms in total. The van der Waals surface area contributed by atoms with Crippen molar-refractivity contribution < 1.29 is 4.21 Å². The van der Waals surface area contributed by atoms with E-state index in [0.717, 1.165) is 17.9 Å². The predicted molar refractivity (Wildman–Crippen MR) is 76.5 cm³/mol. The Hall–Kier alpha value is -0.630. The van der Waals surface area contributed by atoms with E-state index in [0.29, 0.717) is 0 Å². The van der Waals surface area contributed by atoms with Crippen molar-refractivity contribution in [2.45, 2.75) is 51.2 Å². The zero-order valence-corrected chi connectivity index (χ0v) is 11.7. The lowest BCUT2D eigenvalue weighted by atomic mass is 10.1. The normalized spacial score (nSPS) is 12.5. The topological polar surface area (TPSA) is 17.1 Å². The van der Waals surface area contributed by atoms with E-state index in [1.165, 1.54) is 37.7 Å². The summed E-state index contributed by atoms with van der Waals surface area (Å²) in [6, 6.07) is 10.1. The van der Waals surface area contributed by atoms with Crippen LogP contribution in [0.15, 0.2) is 30.3 Å². The lowest BCUT2D eigenvalue weighted by Gasteiger charge is -2.03. The molecule has 0 amide bonds. The summed E-state index contributed by atoms with van der Waals surface area (Å²) in [4.78, 5) is 0. The van der Waals surface area contributed by atoms with Crippen molar-refractivity contribution in [2.75, 3.05) is 5.75 Å². The van der Waals surface area contributed by atoms with Crippen LogP contribution in [0.2, 0.25) is 0 Å². The van der Waals surface area contributed by atoms with Crippen LogP contribution >= 0.6 is 0 Å². The van der Waals surface area contributed by atoms with Crippen LogP contribution < -0.4 is 0 Å². The average Bonchev–Trinajstić information content (AvgIpc) is 2.35. The Morgan fingerprint density at radius 3 is 2.29 bits per heavy atom. The molecule has 0 saturated heterocycles. The maximum Gasteiger partial charge on any atom is 0.0485 e. The monoisotopic (exact) mass is 252 g/mol. The van der Waals surface area contributed by atoms with Crippen LogP contribution in [-0.4, -0.2) is 9.96 Å².